The Kier molecular flexibility index (Phi) is 11.3. The van der Waals surface area contributed by atoms with Gasteiger partial charge in [0, 0.05) is 23.0 Å². The lowest BCUT2D eigenvalue weighted by Crippen LogP contribution is -2.38. The molecule has 1 aliphatic heterocycles. The van der Waals surface area contributed by atoms with Crippen LogP contribution in [0.3, 0.4) is 0 Å². The van der Waals surface area contributed by atoms with Crippen LogP contribution >= 0.6 is 0 Å². The maximum atomic E-state index is 7.25. The molecule has 404 valence electrons. The fourth-order valence-corrected chi connectivity index (χ4v) is 13.6. The first-order valence-electron chi connectivity index (χ1n) is 29.1. The standard InChI is InChI=1S/C77H70N4O/c1-73(2,3)50-41-58-59-42-51(74(4,5)6)44-63(76(10,11)12)70(59)77(69(58)62(43-50)75(7,8)9)60-39-37-53(82-52-36-38-57-56-29-19-20-33-64(56)81(66(57)45-52)68-35-21-22-40-78-68)46-67(60)80-47-79(65-34-24-32-61(77)72(65)80)71-54(48-25-15-13-16-26-48)30-23-31-55(71)49-27-17-14-18-28-49/h13-46H,1-12H3. The molecule has 0 atom stereocenters. The van der Waals surface area contributed by atoms with Gasteiger partial charge >= 0.3 is 0 Å². The van der Waals surface area contributed by atoms with E-state index in [2.05, 4.69) is 291 Å². The third-order valence-corrected chi connectivity index (χ3v) is 17.6. The lowest BCUT2D eigenvalue weighted by molar-refractivity contribution is -0.571. The molecule has 5 nitrogen and oxygen atoms in total. The minimum absolute atomic E-state index is 0.108. The molecule has 3 aromatic heterocycles. The molecule has 82 heavy (non-hydrogen) atoms. The van der Waals surface area contributed by atoms with Crippen molar-refractivity contribution < 1.29 is 9.30 Å². The zero-order valence-corrected chi connectivity index (χ0v) is 49.3. The molecule has 1 spiro atoms. The molecular formula is C77H70N4O. The number of rotatable bonds is 6. The summed E-state index contributed by atoms with van der Waals surface area (Å²) >= 11 is 0. The predicted molar refractivity (Wildman–Crippen MR) is 339 cm³/mol. The van der Waals surface area contributed by atoms with E-state index in [4.69, 9.17) is 9.72 Å². The van der Waals surface area contributed by atoms with Crippen LogP contribution in [0.4, 0.5) is 0 Å². The molecule has 9 aromatic carbocycles. The van der Waals surface area contributed by atoms with Crippen molar-refractivity contribution in [2.75, 3.05) is 0 Å². The summed E-state index contributed by atoms with van der Waals surface area (Å²) in [7, 11) is 0. The van der Waals surface area contributed by atoms with E-state index >= 15 is 0 Å². The molecule has 0 bridgehead atoms. The number of imidazole rings is 1. The van der Waals surface area contributed by atoms with Gasteiger partial charge in [-0.15, -0.1) is 0 Å². The Morgan fingerprint density at radius 1 is 0.451 bits per heavy atom. The molecular weight excluding hydrogens is 997 g/mol. The SMILES string of the molecule is CC(C)(C)c1cc2c(c(C(C)(C)C)c1)C1(c3ccc(Oc4ccc5c6ccccc6n(-c6ccccn6)c5c4)cc3-n3[c-][n+](-c4c(-c5ccccc5)cccc4-c4ccccc4)c4cccc1c43)c1c-2cc(C(C)(C)C)cc1C(C)(C)C. The van der Waals surface area contributed by atoms with Crippen molar-refractivity contribution in [2.24, 2.45) is 0 Å². The van der Waals surface area contributed by atoms with Gasteiger partial charge in [-0.3, -0.25) is 13.7 Å². The summed E-state index contributed by atoms with van der Waals surface area (Å²) in [5.74, 6) is 2.34. The van der Waals surface area contributed by atoms with Crippen LogP contribution in [-0.2, 0) is 27.1 Å². The second-order valence-corrected chi connectivity index (χ2v) is 27.0. The highest BCUT2D eigenvalue weighted by Gasteiger charge is 2.55. The molecule has 0 saturated heterocycles. The minimum atomic E-state index is -0.778. The van der Waals surface area contributed by atoms with Crippen LogP contribution in [0.2, 0.25) is 0 Å². The summed E-state index contributed by atoms with van der Waals surface area (Å²) in [5, 5.41) is 2.31. The van der Waals surface area contributed by atoms with Crippen LogP contribution in [0.15, 0.2) is 206 Å². The van der Waals surface area contributed by atoms with E-state index in [9.17, 15) is 0 Å². The fraction of sp³-hybridized carbons (Fsp3) is 0.221. The lowest BCUT2D eigenvalue weighted by Gasteiger charge is -2.44. The Labute approximate surface area is 483 Å². The van der Waals surface area contributed by atoms with E-state index in [0.29, 0.717) is 0 Å². The number of para-hydroxylation sites is 3. The monoisotopic (exact) mass is 1070 g/mol. The maximum Gasteiger partial charge on any atom is 0.269 e. The summed E-state index contributed by atoms with van der Waals surface area (Å²) < 4.78 is 14.2. The van der Waals surface area contributed by atoms with Crippen molar-refractivity contribution in [3.8, 4) is 62.1 Å². The first-order chi connectivity index (χ1) is 39.2. The molecule has 2 aliphatic rings. The molecule has 0 fully saturated rings. The Hall–Kier alpha value is -8.80. The number of ether oxygens (including phenoxy) is 1. The Balaban J connectivity index is 1.12. The smallest absolute Gasteiger partial charge is 0.269 e. The zero-order valence-electron chi connectivity index (χ0n) is 49.3. The van der Waals surface area contributed by atoms with Gasteiger partial charge < -0.3 is 4.74 Å². The fourth-order valence-electron chi connectivity index (χ4n) is 13.6. The van der Waals surface area contributed by atoms with Gasteiger partial charge in [-0.1, -0.05) is 235 Å². The first kappa shape index (κ1) is 51.4. The Morgan fingerprint density at radius 3 is 1.59 bits per heavy atom. The minimum Gasteiger partial charge on any atom is -0.458 e. The summed E-state index contributed by atoms with van der Waals surface area (Å²) in [6.07, 6.45) is 6.01. The maximum absolute atomic E-state index is 7.25. The number of fused-ring (bicyclic) bond motifs is 12. The van der Waals surface area contributed by atoms with Crippen molar-refractivity contribution >= 4 is 32.8 Å². The molecule has 5 heteroatoms. The highest BCUT2D eigenvalue weighted by atomic mass is 16.5. The zero-order chi connectivity index (χ0) is 56.8. The summed E-state index contributed by atoms with van der Waals surface area (Å²) in [6.45, 7) is 28.7. The average Bonchev–Trinajstić information content (AvgIpc) is 1.51. The van der Waals surface area contributed by atoms with E-state index in [1.165, 1.54) is 61.0 Å². The summed E-state index contributed by atoms with van der Waals surface area (Å²) in [4.78, 5) is 4.85. The van der Waals surface area contributed by atoms with Crippen LogP contribution in [0.25, 0.3) is 83.4 Å². The Bertz CT molecular complexity index is 4410. The lowest BCUT2D eigenvalue weighted by atomic mass is 9.60. The van der Waals surface area contributed by atoms with Crippen LogP contribution in [0, 0.1) is 6.33 Å². The Morgan fingerprint density at radius 2 is 1.00 bits per heavy atom. The van der Waals surface area contributed by atoms with E-state index < -0.39 is 5.41 Å². The van der Waals surface area contributed by atoms with E-state index in [-0.39, 0.29) is 21.7 Å². The highest BCUT2D eigenvalue weighted by Crippen LogP contribution is 2.65. The van der Waals surface area contributed by atoms with Gasteiger partial charge in [0.25, 0.3) is 6.33 Å². The number of hydrogen-bond acceptors (Lipinski definition) is 2. The normalized spacial score (nSPS) is 13.7. The quantitative estimate of drug-likeness (QED) is 0.123. The van der Waals surface area contributed by atoms with Crippen LogP contribution < -0.4 is 9.30 Å². The van der Waals surface area contributed by atoms with E-state index in [0.717, 1.165) is 78.4 Å². The van der Waals surface area contributed by atoms with Crippen LogP contribution in [0.5, 0.6) is 11.5 Å². The largest absolute Gasteiger partial charge is 0.458 e. The summed E-state index contributed by atoms with van der Waals surface area (Å²) in [5.41, 5.74) is 22.7. The van der Waals surface area contributed by atoms with Crippen molar-refractivity contribution in [3.05, 3.63) is 257 Å². The van der Waals surface area contributed by atoms with Crippen LogP contribution in [0.1, 0.15) is 128 Å². The number of pyridine rings is 1. The van der Waals surface area contributed by atoms with E-state index in [1.807, 2.05) is 18.3 Å². The predicted octanol–water partition coefficient (Wildman–Crippen LogP) is 19.2. The van der Waals surface area contributed by atoms with Gasteiger partial charge in [0.2, 0.25) is 0 Å². The second kappa shape index (κ2) is 18.1. The second-order valence-electron chi connectivity index (χ2n) is 27.0. The topological polar surface area (TPSA) is 35.9 Å². The molecule has 0 unspecified atom stereocenters. The van der Waals surface area contributed by atoms with Gasteiger partial charge in [-0.2, -0.15) is 0 Å². The van der Waals surface area contributed by atoms with Crippen molar-refractivity contribution in [3.63, 3.8) is 0 Å². The average molecular weight is 1070 g/mol. The van der Waals surface area contributed by atoms with Crippen molar-refractivity contribution in [2.45, 2.75) is 110 Å². The van der Waals surface area contributed by atoms with Gasteiger partial charge in [0.15, 0.2) is 0 Å². The molecule has 1 aliphatic carbocycles. The van der Waals surface area contributed by atoms with Gasteiger partial charge in [0.05, 0.1) is 38.9 Å². The van der Waals surface area contributed by atoms with Gasteiger partial charge in [-0.25, -0.2) is 4.98 Å². The highest BCUT2D eigenvalue weighted by molar-refractivity contribution is 6.09. The first-order valence-corrected chi connectivity index (χ1v) is 29.1. The van der Waals surface area contributed by atoms with Gasteiger partial charge in [0.1, 0.15) is 17.3 Å². The third-order valence-electron chi connectivity index (χ3n) is 17.6. The summed E-state index contributed by atoms with van der Waals surface area (Å²) in [6, 6.07) is 73.8. The molecule has 12 aromatic rings. The third kappa shape index (κ3) is 7.79. The van der Waals surface area contributed by atoms with Crippen molar-refractivity contribution in [1.29, 1.82) is 0 Å². The van der Waals surface area contributed by atoms with Gasteiger partial charge in [-0.05, 0) is 142 Å². The molecule has 4 heterocycles. The van der Waals surface area contributed by atoms with E-state index in [1.54, 1.807) is 0 Å². The number of benzene rings is 9. The molecule has 0 N–H and O–H groups in total. The molecule has 14 rings (SSSR count). The van der Waals surface area contributed by atoms with Crippen molar-refractivity contribution in [1.82, 2.24) is 14.1 Å². The number of hydrogen-bond donors (Lipinski definition) is 0. The van der Waals surface area contributed by atoms with Crippen LogP contribution in [-0.4, -0.2) is 14.1 Å². The number of aromatic nitrogens is 4. The number of nitrogens with zero attached hydrogens (tertiary/aromatic N) is 4. The molecule has 0 saturated carbocycles. The molecule has 0 amide bonds. The molecule has 0 radical (unpaired) electrons.